The van der Waals surface area contributed by atoms with Crippen molar-refractivity contribution in [2.75, 3.05) is 13.6 Å². The molecule has 2 aromatic rings. The number of fused-ring (bicyclic) bond motifs is 1. The van der Waals surface area contributed by atoms with Crippen LogP contribution >= 0.6 is 11.3 Å². The molecule has 1 atom stereocenters. The van der Waals surface area contributed by atoms with Crippen molar-refractivity contribution in [1.29, 1.82) is 0 Å². The lowest BCUT2D eigenvalue weighted by Crippen LogP contribution is -2.45. The van der Waals surface area contributed by atoms with Crippen LogP contribution in [0.1, 0.15) is 26.7 Å². The summed E-state index contributed by atoms with van der Waals surface area (Å²) in [6, 6.07) is 9.38. The van der Waals surface area contributed by atoms with E-state index in [9.17, 15) is 0 Å². The summed E-state index contributed by atoms with van der Waals surface area (Å²) in [6.07, 6.45) is 1.13. The predicted molar refractivity (Wildman–Crippen MR) is 88.7 cm³/mol. The summed E-state index contributed by atoms with van der Waals surface area (Å²) in [6.45, 7) is 7.27. The summed E-state index contributed by atoms with van der Waals surface area (Å²) in [5.41, 5.74) is 4.15. The van der Waals surface area contributed by atoms with Gasteiger partial charge in [-0.05, 0) is 38.4 Å². The zero-order valence-corrected chi connectivity index (χ0v) is 13.8. The van der Waals surface area contributed by atoms with Crippen LogP contribution in [0, 0.1) is 13.8 Å². The number of aromatic nitrogens is 1. The maximum absolute atomic E-state index is 4.71. The maximum Gasteiger partial charge on any atom is 0.107 e. The molecular formula is C17H23N3S. The molecule has 0 bridgehead atoms. The molecule has 0 radical (unpaired) electrons. The van der Waals surface area contributed by atoms with E-state index >= 15 is 0 Å². The fourth-order valence-corrected chi connectivity index (χ4v) is 4.00. The van der Waals surface area contributed by atoms with Gasteiger partial charge in [0.05, 0.1) is 12.2 Å². The third-order valence-corrected chi connectivity index (χ3v) is 5.37. The summed E-state index contributed by atoms with van der Waals surface area (Å²) < 4.78 is 0. The lowest BCUT2D eigenvalue weighted by molar-refractivity contribution is 0.161. The number of hydrogen-bond donors (Lipinski definition) is 1. The van der Waals surface area contributed by atoms with E-state index in [0.717, 1.165) is 26.1 Å². The molecule has 1 aromatic heterocycles. The van der Waals surface area contributed by atoms with Gasteiger partial charge >= 0.3 is 0 Å². The standard InChI is InChI=1S/C17H23N3S/c1-12-13(2)21-17(19-12)11-20-10-15-7-5-4-6-14(15)8-16(20)9-18-3/h4-7,16,18H,8-11H2,1-3H3. The Morgan fingerprint density at radius 2 is 2.05 bits per heavy atom. The summed E-state index contributed by atoms with van der Waals surface area (Å²) in [5.74, 6) is 0. The lowest BCUT2D eigenvalue weighted by atomic mass is 9.94. The largest absolute Gasteiger partial charge is 0.318 e. The smallest absolute Gasteiger partial charge is 0.107 e. The number of nitrogens with zero attached hydrogens (tertiary/aromatic N) is 2. The van der Waals surface area contributed by atoms with Gasteiger partial charge in [-0.15, -0.1) is 11.3 Å². The van der Waals surface area contributed by atoms with E-state index in [-0.39, 0.29) is 0 Å². The number of nitrogens with one attached hydrogen (secondary N) is 1. The Kier molecular flexibility index (Phi) is 4.38. The monoisotopic (exact) mass is 301 g/mol. The number of thiazole rings is 1. The van der Waals surface area contributed by atoms with Crippen molar-refractivity contribution < 1.29 is 0 Å². The average molecular weight is 301 g/mol. The van der Waals surface area contributed by atoms with Crippen molar-refractivity contribution in [1.82, 2.24) is 15.2 Å². The quantitative estimate of drug-likeness (QED) is 0.941. The van der Waals surface area contributed by atoms with Gasteiger partial charge in [0.2, 0.25) is 0 Å². The Labute approximate surface area is 131 Å². The van der Waals surface area contributed by atoms with Crippen LogP contribution < -0.4 is 5.32 Å². The van der Waals surface area contributed by atoms with Gasteiger partial charge in [0, 0.05) is 24.0 Å². The molecule has 0 fully saturated rings. The highest BCUT2D eigenvalue weighted by Crippen LogP contribution is 2.26. The summed E-state index contributed by atoms with van der Waals surface area (Å²) >= 11 is 1.84. The zero-order valence-electron chi connectivity index (χ0n) is 13.0. The zero-order chi connectivity index (χ0) is 14.8. The van der Waals surface area contributed by atoms with Crippen LogP contribution in [0.2, 0.25) is 0 Å². The topological polar surface area (TPSA) is 28.2 Å². The molecule has 112 valence electrons. The number of hydrogen-bond acceptors (Lipinski definition) is 4. The Bertz CT molecular complexity index is 601. The van der Waals surface area contributed by atoms with Gasteiger partial charge in [-0.25, -0.2) is 4.98 Å². The molecule has 4 heteroatoms. The average Bonchev–Trinajstić information content (AvgIpc) is 2.78. The first-order valence-electron chi connectivity index (χ1n) is 7.55. The Balaban J connectivity index is 1.81. The van der Waals surface area contributed by atoms with Gasteiger partial charge in [-0.2, -0.15) is 0 Å². The first kappa shape index (κ1) is 14.7. The van der Waals surface area contributed by atoms with Crippen LogP contribution in [0.25, 0.3) is 0 Å². The first-order chi connectivity index (χ1) is 10.2. The van der Waals surface area contributed by atoms with Crippen LogP contribution in [-0.4, -0.2) is 29.5 Å². The van der Waals surface area contributed by atoms with E-state index in [0.29, 0.717) is 6.04 Å². The van der Waals surface area contributed by atoms with Crippen LogP contribution in [-0.2, 0) is 19.5 Å². The van der Waals surface area contributed by atoms with Gasteiger partial charge in [0.1, 0.15) is 5.01 Å². The lowest BCUT2D eigenvalue weighted by Gasteiger charge is -2.36. The van der Waals surface area contributed by atoms with Crippen molar-refractivity contribution >= 4 is 11.3 Å². The number of benzene rings is 1. The van der Waals surface area contributed by atoms with E-state index in [1.807, 2.05) is 18.4 Å². The van der Waals surface area contributed by atoms with Crippen molar-refractivity contribution in [2.24, 2.45) is 0 Å². The number of aryl methyl sites for hydroxylation is 2. The summed E-state index contributed by atoms with van der Waals surface area (Å²) in [7, 11) is 2.04. The number of rotatable bonds is 4. The molecule has 1 N–H and O–H groups in total. The molecule has 1 aliphatic rings. The first-order valence-corrected chi connectivity index (χ1v) is 8.37. The maximum atomic E-state index is 4.71. The van der Waals surface area contributed by atoms with E-state index in [1.165, 1.54) is 26.7 Å². The third-order valence-electron chi connectivity index (χ3n) is 4.31. The van der Waals surface area contributed by atoms with E-state index in [1.54, 1.807) is 0 Å². The van der Waals surface area contributed by atoms with Crippen LogP contribution in [0.3, 0.4) is 0 Å². The van der Waals surface area contributed by atoms with Gasteiger partial charge in [0.25, 0.3) is 0 Å². The van der Waals surface area contributed by atoms with E-state index in [4.69, 9.17) is 4.98 Å². The van der Waals surface area contributed by atoms with Crippen molar-refractivity contribution in [3.8, 4) is 0 Å². The molecule has 2 heterocycles. The molecule has 1 unspecified atom stereocenters. The second kappa shape index (κ2) is 6.26. The van der Waals surface area contributed by atoms with Crippen LogP contribution in [0.5, 0.6) is 0 Å². The Morgan fingerprint density at radius 1 is 1.29 bits per heavy atom. The van der Waals surface area contributed by atoms with Gasteiger partial charge in [-0.3, -0.25) is 4.90 Å². The molecule has 0 spiro atoms. The second-order valence-corrected chi connectivity index (χ2v) is 7.13. The van der Waals surface area contributed by atoms with Crippen molar-refractivity contribution in [3.05, 3.63) is 51.0 Å². The molecule has 3 nitrogen and oxygen atoms in total. The highest BCUT2D eigenvalue weighted by molar-refractivity contribution is 7.11. The molecule has 0 saturated carbocycles. The third kappa shape index (κ3) is 3.18. The highest BCUT2D eigenvalue weighted by Gasteiger charge is 2.26. The fraction of sp³-hybridized carbons (Fsp3) is 0.471. The minimum Gasteiger partial charge on any atom is -0.318 e. The second-order valence-electron chi connectivity index (χ2n) is 5.84. The number of likely N-dealkylation sites (N-methyl/N-ethyl adjacent to an activating group) is 1. The molecule has 0 aliphatic carbocycles. The molecule has 1 aliphatic heterocycles. The van der Waals surface area contributed by atoms with Crippen molar-refractivity contribution in [2.45, 2.75) is 39.4 Å². The van der Waals surface area contributed by atoms with E-state index in [2.05, 4.69) is 48.3 Å². The normalized spacial score (nSPS) is 18.7. The summed E-state index contributed by atoms with van der Waals surface area (Å²) in [5, 5.41) is 4.58. The molecule has 3 rings (SSSR count). The van der Waals surface area contributed by atoms with Crippen molar-refractivity contribution in [3.63, 3.8) is 0 Å². The minimum absolute atomic E-state index is 0.550. The van der Waals surface area contributed by atoms with Gasteiger partial charge in [-0.1, -0.05) is 24.3 Å². The Hall–Kier alpha value is -1.23. The predicted octanol–water partition coefficient (Wildman–Crippen LogP) is 2.91. The van der Waals surface area contributed by atoms with Crippen LogP contribution in [0.4, 0.5) is 0 Å². The van der Waals surface area contributed by atoms with Gasteiger partial charge in [0.15, 0.2) is 0 Å². The fourth-order valence-electron chi connectivity index (χ4n) is 3.04. The molecule has 21 heavy (non-hydrogen) atoms. The molecule has 0 saturated heterocycles. The van der Waals surface area contributed by atoms with E-state index < -0.39 is 0 Å². The van der Waals surface area contributed by atoms with Gasteiger partial charge < -0.3 is 5.32 Å². The molecular weight excluding hydrogens is 278 g/mol. The SMILES string of the molecule is CNCC1Cc2ccccc2CN1Cc1nc(C)c(C)s1. The molecule has 1 aromatic carbocycles. The highest BCUT2D eigenvalue weighted by atomic mass is 32.1. The molecule has 0 amide bonds. The minimum atomic E-state index is 0.550. The van der Waals surface area contributed by atoms with Crippen LogP contribution in [0.15, 0.2) is 24.3 Å². The Morgan fingerprint density at radius 3 is 2.71 bits per heavy atom. The summed E-state index contributed by atoms with van der Waals surface area (Å²) in [4.78, 5) is 8.62.